The van der Waals surface area contributed by atoms with Crippen LogP contribution in [0.15, 0.2) is 18.2 Å². The normalized spacial score (nSPS) is 12.7. The van der Waals surface area contributed by atoms with Gasteiger partial charge in [0, 0.05) is 6.08 Å². The predicted octanol–water partition coefficient (Wildman–Crippen LogP) is 2.52. The van der Waals surface area contributed by atoms with E-state index in [0.29, 0.717) is 0 Å². The highest BCUT2D eigenvalue weighted by molar-refractivity contribution is 5.79. The monoisotopic (exact) mass is 263 g/mol. The molecular weight excluding hydrogens is 242 g/mol. The van der Waals surface area contributed by atoms with E-state index in [2.05, 4.69) is 5.32 Å². The van der Waals surface area contributed by atoms with Gasteiger partial charge in [0.25, 0.3) is 0 Å². The van der Waals surface area contributed by atoms with Gasteiger partial charge in [-0.25, -0.2) is 4.79 Å². The van der Waals surface area contributed by atoms with Crippen molar-refractivity contribution in [3.63, 3.8) is 0 Å². The molecule has 0 radical (unpaired) electrons. The lowest BCUT2D eigenvalue weighted by atomic mass is 9.92. The molecule has 0 spiro atoms. The Morgan fingerprint density at radius 1 is 1.37 bits per heavy atom. The van der Waals surface area contributed by atoms with Crippen LogP contribution in [0.5, 0.6) is 5.75 Å². The van der Waals surface area contributed by atoms with Crippen molar-refractivity contribution in [1.82, 2.24) is 5.32 Å². The summed E-state index contributed by atoms with van der Waals surface area (Å²) in [6.45, 7) is 6.03. The van der Waals surface area contributed by atoms with Crippen LogP contribution in [0.4, 0.5) is 0 Å². The van der Waals surface area contributed by atoms with Gasteiger partial charge >= 0.3 is 5.97 Å². The molecule has 0 aliphatic rings. The number of hydrogen-bond acceptors (Lipinski definition) is 3. The third kappa shape index (κ3) is 3.35. The first kappa shape index (κ1) is 15.2. The molecule has 104 valence electrons. The van der Waals surface area contributed by atoms with Crippen molar-refractivity contribution in [2.75, 3.05) is 14.2 Å². The van der Waals surface area contributed by atoms with Gasteiger partial charge in [-0.15, -0.1) is 0 Å². The molecule has 1 atom stereocenters. The molecule has 1 aromatic rings. The van der Waals surface area contributed by atoms with E-state index >= 15 is 0 Å². The average molecular weight is 263 g/mol. The summed E-state index contributed by atoms with van der Waals surface area (Å²) in [5.74, 6) is -0.0865. The second-order valence-electron chi connectivity index (χ2n) is 4.52. The molecule has 0 saturated carbocycles. The zero-order chi connectivity index (χ0) is 14.6. The molecular formula is C15H21NO3. The van der Waals surface area contributed by atoms with Gasteiger partial charge in [0.15, 0.2) is 0 Å². The van der Waals surface area contributed by atoms with E-state index in [1.54, 1.807) is 13.2 Å². The molecule has 1 aromatic carbocycles. The van der Waals surface area contributed by atoms with Gasteiger partial charge in [0.05, 0.1) is 13.2 Å². The highest BCUT2D eigenvalue weighted by Gasteiger charge is 2.16. The largest absolute Gasteiger partial charge is 0.496 e. The Morgan fingerprint density at radius 3 is 2.47 bits per heavy atom. The molecule has 0 heterocycles. The van der Waals surface area contributed by atoms with Gasteiger partial charge in [0.1, 0.15) is 5.75 Å². The SMILES string of the molecule is CNC(/C=C/C(=O)O)c1c(C)cc(OC)c(C)c1C. The number of ether oxygens (including phenoxy) is 1. The Hall–Kier alpha value is -1.81. The number of aryl methyl sites for hydroxylation is 1. The molecule has 4 nitrogen and oxygen atoms in total. The Labute approximate surface area is 114 Å². The summed E-state index contributed by atoms with van der Waals surface area (Å²) in [5, 5.41) is 11.9. The number of hydrogen-bond donors (Lipinski definition) is 2. The summed E-state index contributed by atoms with van der Waals surface area (Å²) in [4.78, 5) is 10.7. The number of methoxy groups -OCH3 is 1. The Bertz CT molecular complexity index is 507. The number of carboxylic acid groups (broad SMARTS) is 1. The fourth-order valence-corrected chi connectivity index (χ4v) is 2.27. The maximum Gasteiger partial charge on any atom is 0.328 e. The van der Waals surface area contributed by atoms with Gasteiger partial charge < -0.3 is 15.2 Å². The summed E-state index contributed by atoms with van der Waals surface area (Å²) in [6, 6.07) is 1.86. The van der Waals surface area contributed by atoms with E-state index in [-0.39, 0.29) is 6.04 Å². The molecule has 2 N–H and O–H groups in total. The molecule has 0 aliphatic heterocycles. The van der Waals surface area contributed by atoms with Crippen LogP contribution in [0.3, 0.4) is 0 Å². The minimum atomic E-state index is -0.944. The van der Waals surface area contributed by atoms with Crippen LogP contribution in [0.25, 0.3) is 0 Å². The van der Waals surface area contributed by atoms with Crippen LogP contribution < -0.4 is 10.1 Å². The molecule has 0 amide bonds. The molecule has 0 aromatic heterocycles. The van der Waals surface area contributed by atoms with Gasteiger partial charge in [0.2, 0.25) is 0 Å². The smallest absolute Gasteiger partial charge is 0.328 e. The second-order valence-corrected chi connectivity index (χ2v) is 4.52. The molecule has 0 saturated heterocycles. The molecule has 0 fully saturated rings. The lowest BCUT2D eigenvalue weighted by molar-refractivity contribution is -0.131. The Balaban J connectivity index is 3.32. The quantitative estimate of drug-likeness (QED) is 0.801. The summed E-state index contributed by atoms with van der Waals surface area (Å²) in [5.41, 5.74) is 4.37. The zero-order valence-corrected chi connectivity index (χ0v) is 12.1. The van der Waals surface area contributed by atoms with Gasteiger partial charge in [-0.1, -0.05) is 6.08 Å². The number of carboxylic acids is 1. The summed E-state index contributed by atoms with van der Waals surface area (Å²) in [6.07, 6.45) is 2.82. The van der Waals surface area contributed by atoms with Crippen LogP contribution >= 0.6 is 0 Å². The second kappa shape index (κ2) is 6.38. The molecule has 4 heteroatoms. The fraction of sp³-hybridized carbons (Fsp3) is 0.400. The van der Waals surface area contributed by atoms with Crippen molar-refractivity contribution >= 4 is 5.97 Å². The van der Waals surface area contributed by atoms with E-state index < -0.39 is 5.97 Å². The standard InChI is InChI=1S/C15H21NO3/c1-9-8-13(19-5)10(2)11(3)15(9)12(16-4)6-7-14(17)18/h6-8,12,16H,1-5H3,(H,17,18)/b7-6+. The van der Waals surface area contributed by atoms with Crippen LogP contribution in [-0.2, 0) is 4.79 Å². The first-order valence-corrected chi connectivity index (χ1v) is 6.15. The average Bonchev–Trinajstić information content (AvgIpc) is 2.37. The minimum absolute atomic E-state index is 0.124. The number of benzene rings is 1. The number of nitrogens with one attached hydrogen (secondary N) is 1. The van der Waals surface area contributed by atoms with Crippen LogP contribution in [0.1, 0.15) is 28.3 Å². The number of rotatable bonds is 5. The van der Waals surface area contributed by atoms with Gasteiger partial charge in [-0.05, 0) is 56.1 Å². The first-order chi connectivity index (χ1) is 8.92. The van der Waals surface area contributed by atoms with E-state index in [9.17, 15) is 4.79 Å². The van der Waals surface area contributed by atoms with E-state index in [0.717, 1.165) is 28.0 Å². The van der Waals surface area contributed by atoms with Crippen molar-refractivity contribution < 1.29 is 14.6 Å². The first-order valence-electron chi connectivity index (χ1n) is 6.15. The molecule has 0 aliphatic carbocycles. The maximum absolute atomic E-state index is 10.7. The number of aliphatic carboxylic acids is 1. The molecule has 19 heavy (non-hydrogen) atoms. The highest BCUT2D eigenvalue weighted by Crippen LogP contribution is 2.31. The predicted molar refractivity (Wildman–Crippen MR) is 75.8 cm³/mol. The van der Waals surface area contributed by atoms with Crippen molar-refractivity contribution in [2.45, 2.75) is 26.8 Å². The van der Waals surface area contributed by atoms with E-state index in [4.69, 9.17) is 9.84 Å². The lowest BCUT2D eigenvalue weighted by Gasteiger charge is -2.21. The number of likely N-dealkylation sites (N-methyl/N-ethyl adjacent to an activating group) is 1. The minimum Gasteiger partial charge on any atom is -0.496 e. The van der Waals surface area contributed by atoms with Crippen molar-refractivity contribution in [3.8, 4) is 5.75 Å². The van der Waals surface area contributed by atoms with E-state index in [1.807, 2.05) is 33.9 Å². The van der Waals surface area contributed by atoms with Crippen molar-refractivity contribution in [2.24, 2.45) is 0 Å². The van der Waals surface area contributed by atoms with Crippen LogP contribution in [0, 0.1) is 20.8 Å². The Morgan fingerprint density at radius 2 is 2.00 bits per heavy atom. The zero-order valence-electron chi connectivity index (χ0n) is 12.1. The van der Waals surface area contributed by atoms with Gasteiger partial charge in [-0.3, -0.25) is 0 Å². The maximum atomic E-state index is 10.7. The molecule has 1 rings (SSSR count). The third-order valence-electron chi connectivity index (χ3n) is 3.38. The molecule has 0 bridgehead atoms. The third-order valence-corrected chi connectivity index (χ3v) is 3.38. The molecule has 1 unspecified atom stereocenters. The van der Waals surface area contributed by atoms with Crippen molar-refractivity contribution in [1.29, 1.82) is 0 Å². The van der Waals surface area contributed by atoms with E-state index in [1.165, 1.54) is 6.08 Å². The van der Waals surface area contributed by atoms with Gasteiger partial charge in [-0.2, -0.15) is 0 Å². The number of carbonyl (C=O) groups is 1. The summed E-state index contributed by atoms with van der Waals surface area (Å²) >= 11 is 0. The summed E-state index contributed by atoms with van der Waals surface area (Å²) < 4.78 is 5.34. The van der Waals surface area contributed by atoms with Crippen LogP contribution in [-0.4, -0.2) is 25.2 Å². The fourth-order valence-electron chi connectivity index (χ4n) is 2.27. The van der Waals surface area contributed by atoms with Crippen LogP contribution in [0.2, 0.25) is 0 Å². The Kier molecular flexibility index (Phi) is 5.12. The highest BCUT2D eigenvalue weighted by atomic mass is 16.5. The topological polar surface area (TPSA) is 58.6 Å². The van der Waals surface area contributed by atoms with Crippen molar-refractivity contribution in [3.05, 3.63) is 40.5 Å². The lowest BCUT2D eigenvalue weighted by Crippen LogP contribution is -2.17. The summed E-state index contributed by atoms with van der Waals surface area (Å²) in [7, 11) is 3.47.